The van der Waals surface area contributed by atoms with Crippen molar-refractivity contribution in [2.45, 2.75) is 31.7 Å². The van der Waals surface area contributed by atoms with E-state index in [-0.39, 0.29) is 22.9 Å². The van der Waals surface area contributed by atoms with Crippen molar-refractivity contribution in [2.24, 2.45) is 18.0 Å². The number of amides is 1. The summed E-state index contributed by atoms with van der Waals surface area (Å²) in [4.78, 5) is 17.3. The van der Waals surface area contributed by atoms with Gasteiger partial charge < -0.3 is 10.1 Å². The molecule has 1 amide bonds. The van der Waals surface area contributed by atoms with Gasteiger partial charge in [0, 0.05) is 24.4 Å². The Labute approximate surface area is 185 Å². The third kappa shape index (κ3) is 4.56. The minimum absolute atomic E-state index is 0.0667. The normalized spacial score (nSPS) is 19.4. The molecule has 162 valence electrons. The van der Waals surface area contributed by atoms with E-state index in [4.69, 9.17) is 16.3 Å². The predicted molar refractivity (Wildman–Crippen MR) is 119 cm³/mol. The molecular weight excluding hydrogens is 419 g/mol. The van der Waals surface area contributed by atoms with Crippen LogP contribution in [0.15, 0.2) is 47.5 Å². The van der Waals surface area contributed by atoms with E-state index in [9.17, 15) is 9.18 Å². The average molecular weight is 443 g/mol. The maximum absolute atomic E-state index is 13.3. The number of carbonyl (C=O) groups excluding carboxylic acids is 1. The van der Waals surface area contributed by atoms with E-state index < -0.39 is 5.82 Å². The number of hydrogen-bond donors (Lipinski definition) is 1. The second-order valence-corrected chi connectivity index (χ2v) is 8.17. The smallest absolute Gasteiger partial charge is 0.272 e. The van der Waals surface area contributed by atoms with Gasteiger partial charge in [0.15, 0.2) is 11.6 Å². The van der Waals surface area contributed by atoms with E-state index in [1.54, 1.807) is 17.9 Å². The van der Waals surface area contributed by atoms with Gasteiger partial charge in [-0.15, -0.1) is 0 Å². The molecule has 0 saturated heterocycles. The molecule has 31 heavy (non-hydrogen) atoms. The van der Waals surface area contributed by atoms with Gasteiger partial charge in [-0.1, -0.05) is 29.8 Å². The summed E-state index contributed by atoms with van der Waals surface area (Å²) in [5, 5.41) is 8.62. The van der Waals surface area contributed by atoms with Gasteiger partial charge in [0.25, 0.3) is 5.91 Å². The number of hydrogen-bond acceptors (Lipinski definition) is 4. The summed E-state index contributed by atoms with van der Waals surface area (Å²) in [5.74, 6) is 0.141. The number of methoxy groups -OCH3 is 1. The number of aliphatic imine (C=N–C) groups is 1. The molecule has 1 fully saturated rings. The number of nitrogens with zero attached hydrogens (tertiary/aromatic N) is 3. The lowest BCUT2D eigenvalue weighted by molar-refractivity contribution is 0.0920. The van der Waals surface area contributed by atoms with E-state index in [0.717, 1.165) is 36.6 Å². The Balaban J connectivity index is 1.41. The lowest BCUT2D eigenvalue weighted by Gasteiger charge is -2.29. The summed E-state index contributed by atoms with van der Waals surface area (Å²) in [7, 11) is 3.42. The van der Waals surface area contributed by atoms with Crippen LogP contribution in [0.4, 0.5) is 10.1 Å². The molecule has 8 heteroatoms. The van der Waals surface area contributed by atoms with Crippen molar-refractivity contribution in [3.63, 3.8) is 0 Å². The van der Waals surface area contributed by atoms with Gasteiger partial charge in [-0.3, -0.25) is 9.48 Å². The van der Waals surface area contributed by atoms with E-state index in [2.05, 4.69) is 15.4 Å². The number of aryl methyl sites for hydroxylation is 1. The Hall–Kier alpha value is -2.93. The molecule has 1 aliphatic carbocycles. The highest BCUT2D eigenvalue weighted by atomic mass is 35.5. The number of nitrogens with one attached hydrogen (secondary N) is 1. The molecule has 1 aliphatic rings. The van der Waals surface area contributed by atoms with Gasteiger partial charge in [0.2, 0.25) is 0 Å². The van der Waals surface area contributed by atoms with Crippen LogP contribution in [-0.2, 0) is 11.8 Å². The van der Waals surface area contributed by atoms with Crippen LogP contribution in [0.25, 0.3) is 10.9 Å². The maximum Gasteiger partial charge on any atom is 0.272 e. The quantitative estimate of drug-likeness (QED) is 0.455. The molecule has 1 N–H and O–H groups in total. The lowest BCUT2D eigenvalue weighted by atomic mass is 9.85. The fraction of sp³-hybridized carbons (Fsp3) is 0.348. The topological polar surface area (TPSA) is 68.5 Å². The van der Waals surface area contributed by atoms with Crippen LogP contribution in [0, 0.1) is 11.7 Å². The second kappa shape index (κ2) is 9.06. The molecule has 4 rings (SSSR count). The van der Waals surface area contributed by atoms with Gasteiger partial charge in [0.1, 0.15) is 5.82 Å². The molecule has 6 nitrogen and oxygen atoms in total. The van der Waals surface area contributed by atoms with E-state index in [0.29, 0.717) is 17.3 Å². The first kappa shape index (κ1) is 21.3. The van der Waals surface area contributed by atoms with Crippen molar-refractivity contribution in [1.82, 2.24) is 15.1 Å². The Kier molecular flexibility index (Phi) is 6.23. The van der Waals surface area contributed by atoms with Crippen LogP contribution in [0.5, 0.6) is 0 Å². The van der Waals surface area contributed by atoms with E-state index >= 15 is 0 Å². The van der Waals surface area contributed by atoms with Crippen molar-refractivity contribution in [3.05, 3.63) is 59.0 Å². The predicted octanol–water partition coefficient (Wildman–Crippen LogP) is 5.03. The highest BCUT2D eigenvalue weighted by Crippen LogP contribution is 2.31. The zero-order chi connectivity index (χ0) is 22.0. The molecule has 0 unspecified atom stereocenters. The molecule has 1 saturated carbocycles. The van der Waals surface area contributed by atoms with Crippen molar-refractivity contribution < 1.29 is 13.9 Å². The summed E-state index contributed by atoms with van der Waals surface area (Å²) in [6.07, 6.45) is 3.25. The van der Waals surface area contributed by atoms with E-state index in [1.807, 2.05) is 31.3 Å². The van der Waals surface area contributed by atoms with Gasteiger partial charge in [-0.05, 0) is 49.9 Å². The van der Waals surface area contributed by atoms with Crippen LogP contribution in [-0.4, -0.2) is 34.7 Å². The SMILES string of the molecule is COC(=Nc1ccc(F)cc1Cl)C1CCC(NC(=O)c2nn(C)c3ccccc23)CC1. The molecule has 1 aromatic heterocycles. The number of carbonyl (C=O) groups is 1. The molecule has 0 aliphatic heterocycles. The zero-order valence-electron chi connectivity index (χ0n) is 17.4. The minimum atomic E-state index is -0.403. The Bertz CT molecular complexity index is 1140. The summed E-state index contributed by atoms with van der Waals surface area (Å²) in [5.41, 5.74) is 1.86. The fourth-order valence-corrected chi connectivity index (χ4v) is 4.32. The molecule has 1 heterocycles. The van der Waals surface area contributed by atoms with Crippen molar-refractivity contribution >= 4 is 40.0 Å². The van der Waals surface area contributed by atoms with E-state index in [1.165, 1.54) is 12.1 Å². The standard InChI is InChI=1S/C23H24ClFN4O2/c1-29-20-6-4-3-5-17(20)21(28-29)22(30)26-16-10-7-14(8-11-16)23(31-2)27-19-12-9-15(25)13-18(19)24/h3-6,9,12-14,16H,7-8,10-11H2,1-2H3,(H,26,30). The number of para-hydroxylation sites is 1. The van der Waals surface area contributed by atoms with Crippen LogP contribution in [0.2, 0.25) is 5.02 Å². The molecule has 0 bridgehead atoms. The van der Waals surface area contributed by atoms with Crippen molar-refractivity contribution in [3.8, 4) is 0 Å². The zero-order valence-corrected chi connectivity index (χ0v) is 18.2. The molecule has 2 aromatic carbocycles. The van der Waals surface area contributed by atoms with Crippen LogP contribution < -0.4 is 5.32 Å². The number of ether oxygens (including phenoxy) is 1. The summed E-state index contributed by atoms with van der Waals surface area (Å²) >= 11 is 6.09. The molecule has 0 spiro atoms. The van der Waals surface area contributed by atoms with Gasteiger partial charge in [-0.25, -0.2) is 9.38 Å². The average Bonchev–Trinajstić information content (AvgIpc) is 3.11. The van der Waals surface area contributed by atoms with Gasteiger partial charge >= 0.3 is 0 Å². The first-order valence-electron chi connectivity index (χ1n) is 10.3. The van der Waals surface area contributed by atoms with Crippen molar-refractivity contribution in [2.75, 3.05) is 7.11 Å². The Morgan fingerprint density at radius 1 is 1.23 bits per heavy atom. The Morgan fingerprint density at radius 2 is 1.97 bits per heavy atom. The number of halogens is 2. The van der Waals surface area contributed by atoms with Gasteiger partial charge in [0.05, 0.1) is 23.3 Å². The van der Waals surface area contributed by atoms with Gasteiger partial charge in [-0.2, -0.15) is 5.10 Å². The Morgan fingerprint density at radius 3 is 2.68 bits per heavy atom. The largest absolute Gasteiger partial charge is 0.484 e. The molecule has 0 atom stereocenters. The second-order valence-electron chi connectivity index (χ2n) is 7.76. The third-order valence-corrected chi connectivity index (χ3v) is 6.04. The van der Waals surface area contributed by atoms with Crippen molar-refractivity contribution in [1.29, 1.82) is 0 Å². The summed E-state index contributed by atoms with van der Waals surface area (Å²) in [6.45, 7) is 0. The summed E-state index contributed by atoms with van der Waals surface area (Å²) < 4.78 is 20.5. The van der Waals surface area contributed by atoms with Crippen LogP contribution in [0.3, 0.4) is 0 Å². The minimum Gasteiger partial charge on any atom is -0.484 e. The maximum atomic E-state index is 13.3. The number of benzene rings is 2. The highest BCUT2D eigenvalue weighted by Gasteiger charge is 2.28. The number of fused-ring (bicyclic) bond motifs is 1. The number of rotatable bonds is 4. The number of aromatic nitrogens is 2. The fourth-order valence-electron chi connectivity index (χ4n) is 4.11. The van der Waals surface area contributed by atoms with Crippen LogP contribution in [0.1, 0.15) is 36.2 Å². The monoisotopic (exact) mass is 442 g/mol. The highest BCUT2D eigenvalue weighted by molar-refractivity contribution is 6.33. The third-order valence-electron chi connectivity index (χ3n) is 5.73. The lowest BCUT2D eigenvalue weighted by Crippen LogP contribution is -2.39. The van der Waals surface area contributed by atoms with Crippen LogP contribution >= 0.6 is 11.6 Å². The molecule has 0 radical (unpaired) electrons. The molecular formula is C23H24ClFN4O2. The molecule has 3 aromatic rings. The summed E-state index contributed by atoms with van der Waals surface area (Å²) in [6, 6.07) is 11.9. The first-order valence-corrected chi connectivity index (χ1v) is 10.6. The first-order chi connectivity index (χ1) is 15.0.